The second-order valence-electron chi connectivity index (χ2n) is 34.4. The first kappa shape index (κ1) is 88.8. The number of hydrogen-bond donors (Lipinski definition) is 6. The molecule has 6 amide bonds. The zero-order valence-corrected chi connectivity index (χ0v) is 76.9. The predicted octanol–water partition coefficient (Wildman–Crippen LogP) is 19.7. The van der Waals surface area contributed by atoms with E-state index in [-0.39, 0.29) is 83.5 Å². The van der Waals surface area contributed by atoms with Crippen LogP contribution in [0.1, 0.15) is 164 Å². The third-order valence-electron chi connectivity index (χ3n) is 26.2. The Morgan fingerprint density at radius 1 is 0.220 bits per heavy atom. The van der Waals surface area contributed by atoms with Crippen molar-refractivity contribution in [3.63, 3.8) is 0 Å². The van der Waals surface area contributed by atoms with Gasteiger partial charge in [-0.05, 0) is 203 Å². The molecule has 16 aromatic carbocycles. The largest absolute Gasteiger partial charge is 0.347 e. The van der Waals surface area contributed by atoms with E-state index in [1.165, 1.54) is 54.1 Å². The van der Waals surface area contributed by atoms with Gasteiger partial charge in [0.05, 0.1) is 23.2 Å². The fraction of sp³-hybridized carbons (Fsp3) is 0.162. The number of amides is 6. The zero-order valence-electron chi connectivity index (χ0n) is 74.2. The van der Waals surface area contributed by atoms with Crippen LogP contribution in [0.25, 0.3) is 21.5 Å². The van der Waals surface area contributed by atoms with Crippen LogP contribution in [0.5, 0.6) is 0 Å². The molecule has 0 spiro atoms. The van der Waals surface area contributed by atoms with E-state index in [4.69, 9.17) is 0 Å². The highest BCUT2D eigenvalue weighted by Gasteiger charge is 2.51. The van der Waals surface area contributed by atoms with Gasteiger partial charge in [0.25, 0.3) is 35.4 Å². The van der Waals surface area contributed by atoms with Crippen LogP contribution < -0.4 is 79.6 Å². The number of aryl methyl sites for hydroxylation is 3. The average Bonchev–Trinajstić information content (AvgIpc) is 0.703. The van der Waals surface area contributed by atoms with Crippen LogP contribution in [0.15, 0.2) is 400 Å². The second-order valence-corrected chi connectivity index (χ2v) is 41.0. The van der Waals surface area contributed by atoms with Crippen molar-refractivity contribution in [1.29, 1.82) is 0 Å². The third kappa shape index (κ3) is 19.3. The van der Waals surface area contributed by atoms with Gasteiger partial charge in [-0.2, -0.15) is 0 Å². The van der Waals surface area contributed by atoms with Crippen molar-refractivity contribution < 1.29 is 28.8 Å². The van der Waals surface area contributed by atoms with Crippen molar-refractivity contribution in [2.24, 2.45) is 0 Å². The van der Waals surface area contributed by atoms with Crippen LogP contribution >= 0.6 is 23.8 Å². The van der Waals surface area contributed by atoms with E-state index < -0.39 is 23.8 Å². The molecule has 0 heterocycles. The summed E-state index contributed by atoms with van der Waals surface area (Å²) in [5, 5.41) is 34.5. The van der Waals surface area contributed by atoms with Crippen molar-refractivity contribution in [3.05, 3.63) is 473 Å². The van der Waals surface area contributed by atoms with Gasteiger partial charge in [-0.25, -0.2) is 0 Å². The SMILES string of the molecule is Cc1ccc2ccccc2c1C(=O)N[C@@H]1CCCC[C@H]1NC(=O)c1c(P(c2ccccc2)c2ccccc2)ccc2ccccc12.Cc1ccccc1C(=O)N[C@@H]1C2c3ccccc3C(c3ccccc32)[C@H]1NC(=O)c1ccccc1P(c1ccccc1)c1ccccc1.Cc1ccccc1C(=O)N[C@@H]1CCCC[C@H]1NC(=O)c1ccccc1P(c1ccccc1)c1ccccc1. The van der Waals surface area contributed by atoms with E-state index in [1.54, 1.807) is 0 Å². The Morgan fingerprint density at radius 3 is 0.841 bits per heavy atom. The summed E-state index contributed by atoms with van der Waals surface area (Å²) in [6.45, 7) is 5.89. The molecule has 5 aliphatic carbocycles. The van der Waals surface area contributed by atoms with Crippen LogP contribution in [0, 0.1) is 20.8 Å². The molecule has 0 unspecified atom stereocenters. The Labute approximate surface area is 776 Å². The van der Waals surface area contributed by atoms with E-state index in [0.29, 0.717) is 27.8 Å². The fourth-order valence-electron chi connectivity index (χ4n) is 19.9. The summed E-state index contributed by atoms with van der Waals surface area (Å²) in [6, 6.07) is 134. The lowest BCUT2D eigenvalue weighted by Gasteiger charge is -2.51. The molecule has 5 aliphatic rings. The van der Waals surface area contributed by atoms with E-state index in [2.05, 4.69) is 268 Å². The molecule has 2 fully saturated rings. The molecule has 0 aliphatic heterocycles. The summed E-state index contributed by atoms with van der Waals surface area (Å²) in [5.74, 6) is -0.813. The minimum Gasteiger partial charge on any atom is -0.347 e. The van der Waals surface area contributed by atoms with E-state index in [9.17, 15) is 28.8 Å². The van der Waals surface area contributed by atoms with Crippen LogP contribution in [0.2, 0.25) is 0 Å². The second kappa shape index (κ2) is 41.5. The van der Waals surface area contributed by atoms with Crippen LogP contribution in [-0.2, 0) is 0 Å². The third-order valence-corrected chi connectivity index (χ3v) is 33.7. The Bertz CT molecular complexity index is 6660. The molecule has 12 nitrogen and oxygen atoms in total. The van der Waals surface area contributed by atoms with Gasteiger partial charge in [0.1, 0.15) is 0 Å². The van der Waals surface area contributed by atoms with Crippen molar-refractivity contribution in [2.75, 3.05) is 0 Å². The quantitative estimate of drug-likeness (QED) is 0.0391. The highest BCUT2D eigenvalue weighted by molar-refractivity contribution is 7.80. The first-order valence-electron chi connectivity index (χ1n) is 45.8. The Morgan fingerprint density at radius 2 is 0.477 bits per heavy atom. The monoisotopic (exact) mass is 1780 g/mol. The van der Waals surface area contributed by atoms with Gasteiger partial charge in [0.15, 0.2) is 0 Å². The molecule has 6 N–H and O–H groups in total. The Kier molecular flexibility index (Phi) is 27.9. The van der Waals surface area contributed by atoms with Gasteiger partial charge >= 0.3 is 0 Å². The molecule has 21 rings (SSSR count). The Hall–Kier alpha value is -13.9. The summed E-state index contributed by atoms with van der Waals surface area (Å²) in [4.78, 5) is 84.1. The maximum Gasteiger partial charge on any atom is 0.252 e. The number of carbonyl (C=O) groups excluding carboxylic acids is 6. The Balaban J connectivity index is 0.000000134. The molecule has 0 radical (unpaired) electrons. The minimum absolute atomic E-state index is 0.0775. The summed E-state index contributed by atoms with van der Waals surface area (Å²) >= 11 is 0. The summed E-state index contributed by atoms with van der Waals surface area (Å²) in [6.07, 6.45) is 7.43. The van der Waals surface area contributed by atoms with E-state index in [0.717, 1.165) is 111 Å². The number of fused-ring (bicyclic) bond motifs is 3. The molecule has 0 saturated heterocycles. The fourth-order valence-corrected chi connectivity index (χ4v) is 27.3. The first-order chi connectivity index (χ1) is 64.8. The lowest BCUT2D eigenvalue weighted by molar-refractivity contribution is 0.0858. The predicted molar refractivity (Wildman–Crippen MR) is 545 cm³/mol. The highest BCUT2D eigenvalue weighted by Crippen LogP contribution is 2.53. The maximum atomic E-state index is 14.7. The topological polar surface area (TPSA) is 175 Å². The van der Waals surface area contributed by atoms with Crippen molar-refractivity contribution in [3.8, 4) is 0 Å². The lowest BCUT2D eigenvalue weighted by Crippen LogP contribution is -2.62. The number of rotatable bonds is 21. The maximum absolute atomic E-state index is 14.7. The molecule has 654 valence electrons. The van der Waals surface area contributed by atoms with Gasteiger partial charge in [-0.15, -0.1) is 0 Å². The molecule has 2 bridgehead atoms. The molecule has 2 saturated carbocycles. The molecule has 16 aromatic rings. The van der Waals surface area contributed by atoms with Crippen LogP contribution in [0.3, 0.4) is 0 Å². The number of hydrogen-bond acceptors (Lipinski definition) is 6. The van der Waals surface area contributed by atoms with Crippen LogP contribution in [-0.4, -0.2) is 71.7 Å². The normalized spacial score (nSPS) is 17.5. The van der Waals surface area contributed by atoms with Gasteiger partial charge in [-0.3, -0.25) is 28.8 Å². The van der Waals surface area contributed by atoms with Crippen molar-refractivity contribution in [2.45, 2.75) is 120 Å². The van der Waals surface area contributed by atoms with E-state index >= 15 is 0 Å². The first-order valence-corrected chi connectivity index (χ1v) is 49.9. The highest BCUT2D eigenvalue weighted by atomic mass is 31.1. The number of benzene rings is 16. The van der Waals surface area contributed by atoms with Gasteiger partial charge in [0, 0.05) is 58.3 Å². The molecule has 15 heteroatoms. The zero-order chi connectivity index (χ0) is 90.4. The van der Waals surface area contributed by atoms with Gasteiger partial charge in [0.2, 0.25) is 0 Å². The summed E-state index contributed by atoms with van der Waals surface area (Å²) in [5.41, 5.74) is 11.8. The number of nitrogens with one attached hydrogen (secondary N) is 6. The van der Waals surface area contributed by atoms with Crippen LogP contribution in [0.4, 0.5) is 0 Å². The molecular formula is C117H105N6O6P3. The lowest BCUT2D eigenvalue weighted by atomic mass is 9.59. The smallest absolute Gasteiger partial charge is 0.252 e. The van der Waals surface area contributed by atoms with E-state index in [1.807, 2.05) is 185 Å². The summed E-state index contributed by atoms with van der Waals surface area (Å²) in [7, 11) is -2.92. The van der Waals surface area contributed by atoms with Crippen molar-refractivity contribution in [1.82, 2.24) is 31.9 Å². The molecular weight excluding hydrogens is 1680 g/mol. The minimum atomic E-state index is -1.00. The number of carbonyl (C=O) groups is 6. The van der Waals surface area contributed by atoms with Gasteiger partial charge in [-0.1, -0.05) is 402 Å². The van der Waals surface area contributed by atoms with Crippen molar-refractivity contribution >= 4 is 128 Å². The van der Waals surface area contributed by atoms with Gasteiger partial charge < -0.3 is 31.9 Å². The summed E-state index contributed by atoms with van der Waals surface area (Å²) < 4.78 is 0. The standard InChI is InChI=1S/C43H35N2O2P.C41H37N2O2P.C33H33N2O2P/c1-28-16-8-9-21-31(28)42(46)44-40-38-32-22-10-12-24-34(32)39(35-25-13-11-23-33(35)38)41(40)45-43(47)36-26-14-15-27-37(36)48(29-17-4-2-5-18-29)30-19-6-3-7-20-30;1-28-24-25-29-14-8-10-20-33(29)38(28)40(44)42-35-22-12-13-23-36(35)43-41(45)39-34-21-11-9-15-30(34)26-27-37(39)46(31-16-4-2-5-17-31)32-18-6-3-7-19-32;1-24-14-8-9-19-27(24)32(36)34-29-21-11-12-22-30(29)35-33(37)28-20-10-13-23-31(28)38(25-15-4-2-5-16-25)26-17-6-3-7-18-26/h2-27,38-41H,1H3,(H,44,46)(H,45,47);2-11,14-21,24-27,35-36H,12-13,22-23H2,1H3,(H,42,44)(H,43,45);2-10,13-20,23,29-30H,11-12,21-22H2,1H3,(H,34,36)(H,35,37)/t38?,39?,40-,41-;35-,36-;29-,30-/m111/s1. The molecule has 132 heavy (non-hydrogen) atoms. The molecule has 6 atom stereocenters. The average molecular weight is 1780 g/mol. The molecule has 0 aromatic heterocycles.